The van der Waals surface area contributed by atoms with Gasteiger partial charge in [-0.3, -0.25) is 4.90 Å². The fourth-order valence-electron chi connectivity index (χ4n) is 3.46. The number of ether oxygens (including phenoxy) is 1. The lowest BCUT2D eigenvalue weighted by molar-refractivity contribution is -0.0345. The van der Waals surface area contributed by atoms with E-state index in [2.05, 4.69) is 50.1 Å². The third-order valence-electron chi connectivity index (χ3n) is 5.43. The van der Waals surface area contributed by atoms with E-state index >= 15 is 0 Å². The maximum absolute atomic E-state index is 11.4. The number of hydrogen-bond donors (Lipinski definition) is 1. The maximum Gasteiger partial charge on any atom is 0.119 e. The van der Waals surface area contributed by atoms with Crippen molar-refractivity contribution in [3.8, 4) is 5.75 Å². The van der Waals surface area contributed by atoms with Crippen LogP contribution in [0.1, 0.15) is 44.4 Å². The van der Waals surface area contributed by atoms with Crippen LogP contribution in [0.3, 0.4) is 0 Å². The topological polar surface area (TPSA) is 32.7 Å². The van der Waals surface area contributed by atoms with Crippen molar-refractivity contribution in [3.63, 3.8) is 0 Å². The standard InChI is InChI=1S/C22H31NO2/c1-6-22(24,20-13-10-14-21(15-20)25-5)17(2)16-23(4)18(3)19-11-8-7-9-12-19/h7-15,17-18,24H,6,16H2,1-5H3/t17-,18+,22+/m0/s1. The number of nitrogens with zero attached hydrogens (tertiary/aromatic N) is 1. The van der Waals surface area contributed by atoms with Gasteiger partial charge in [-0.15, -0.1) is 0 Å². The van der Waals surface area contributed by atoms with Crippen LogP contribution in [0.5, 0.6) is 5.75 Å². The van der Waals surface area contributed by atoms with Crippen LogP contribution in [0, 0.1) is 5.92 Å². The van der Waals surface area contributed by atoms with E-state index in [1.807, 2.05) is 37.3 Å². The van der Waals surface area contributed by atoms with Crippen LogP contribution < -0.4 is 4.74 Å². The third-order valence-corrected chi connectivity index (χ3v) is 5.43. The second-order valence-corrected chi connectivity index (χ2v) is 6.94. The van der Waals surface area contributed by atoms with Crippen LogP contribution in [0.25, 0.3) is 0 Å². The normalized spacial score (nSPS) is 16.3. The molecule has 0 unspecified atom stereocenters. The molecule has 136 valence electrons. The van der Waals surface area contributed by atoms with E-state index in [-0.39, 0.29) is 5.92 Å². The average Bonchev–Trinajstić information content (AvgIpc) is 2.67. The van der Waals surface area contributed by atoms with Crippen molar-refractivity contribution in [1.29, 1.82) is 0 Å². The molecule has 0 aromatic heterocycles. The Hall–Kier alpha value is -1.84. The van der Waals surface area contributed by atoms with E-state index in [1.54, 1.807) is 7.11 Å². The second kappa shape index (κ2) is 8.50. The van der Waals surface area contributed by atoms with Gasteiger partial charge in [-0.2, -0.15) is 0 Å². The van der Waals surface area contributed by atoms with Gasteiger partial charge < -0.3 is 9.84 Å². The summed E-state index contributed by atoms with van der Waals surface area (Å²) in [5, 5.41) is 11.4. The first-order valence-electron chi connectivity index (χ1n) is 9.04. The summed E-state index contributed by atoms with van der Waals surface area (Å²) < 4.78 is 5.33. The molecule has 0 aliphatic heterocycles. The van der Waals surface area contributed by atoms with Gasteiger partial charge in [0, 0.05) is 18.5 Å². The van der Waals surface area contributed by atoms with Crippen LogP contribution in [0.15, 0.2) is 54.6 Å². The molecule has 0 fully saturated rings. The lowest BCUT2D eigenvalue weighted by atomic mass is 9.79. The molecular formula is C22H31NO2. The Labute approximate surface area is 152 Å². The molecule has 0 aliphatic carbocycles. The number of methoxy groups -OCH3 is 1. The number of rotatable bonds is 8. The van der Waals surface area contributed by atoms with Crippen molar-refractivity contribution in [2.75, 3.05) is 20.7 Å². The van der Waals surface area contributed by atoms with Crippen LogP contribution in [-0.4, -0.2) is 30.7 Å². The van der Waals surface area contributed by atoms with Gasteiger partial charge in [-0.1, -0.05) is 56.3 Å². The molecule has 2 aromatic rings. The van der Waals surface area contributed by atoms with Crippen molar-refractivity contribution in [3.05, 3.63) is 65.7 Å². The van der Waals surface area contributed by atoms with Gasteiger partial charge in [0.05, 0.1) is 12.7 Å². The molecule has 0 heterocycles. The highest BCUT2D eigenvalue weighted by Crippen LogP contribution is 2.36. The van der Waals surface area contributed by atoms with Crippen molar-refractivity contribution >= 4 is 0 Å². The Bertz CT molecular complexity index is 658. The zero-order chi connectivity index (χ0) is 18.4. The van der Waals surface area contributed by atoms with E-state index in [4.69, 9.17) is 4.74 Å². The van der Waals surface area contributed by atoms with Gasteiger partial charge in [-0.25, -0.2) is 0 Å². The zero-order valence-electron chi connectivity index (χ0n) is 16.1. The van der Waals surface area contributed by atoms with E-state index in [1.165, 1.54) is 5.56 Å². The molecular weight excluding hydrogens is 310 g/mol. The van der Waals surface area contributed by atoms with Crippen molar-refractivity contribution in [2.24, 2.45) is 5.92 Å². The van der Waals surface area contributed by atoms with Crippen molar-refractivity contribution in [2.45, 2.75) is 38.8 Å². The minimum Gasteiger partial charge on any atom is -0.497 e. The van der Waals surface area contributed by atoms with Crippen LogP contribution in [0.2, 0.25) is 0 Å². The predicted molar refractivity (Wildman–Crippen MR) is 104 cm³/mol. The molecule has 0 saturated carbocycles. The summed E-state index contributed by atoms with van der Waals surface area (Å²) in [7, 11) is 3.78. The molecule has 0 spiro atoms. The second-order valence-electron chi connectivity index (χ2n) is 6.94. The van der Waals surface area contributed by atoms with Gasteiger partial charge in [0.1, 0.15) is 5.75 Å². The molecule has 0 amide bonds. The smallest absolute Gasteiger partial charge is 0.119 e. The average molecular weight is 341 g/mol. The third kappa shape index (κ3) is 4.42. The summed E-state index contributed by atoms with van der Waals surface area (Å²) in [6, 6.07) is 18.6. The highest BCUT2D eigenvalue weighted by molar-refractivity contribution is 5.33. The van der Waals surface area contributed by atoms with Gasteiger partial charge >= 0.3 is 0 Å². The fraction of sp³-hybridized carbons (Fsp3) is 0.455. The summed E-state index contributed by atoms with van der Waals surface area (Å²) in [4.78, 5) is 2.31. The largest absolute Gasteiger partial charge is 0.497 e. The van der Waals surface area contributed by atoms with Gasteiger partial charge in [0.15, 0.2) is 0 Å². The SMILES string of the molecule is CC[C@](O)(c1cccc(OC)c1)[C@@H](C)CN(C)[C@H](C)c1ccccc1. The quantitative estimate of drug-likeness (QED) is 0.760. The minimum atomic E-state index is -0.876. The van der Waals surface area contributed by atoms with Crippen LogP contribution in [0.4, 0.5) is 0 Å². The van der Waals surface area contributed by atoms with Gasteiger partial charge in [-0.05, 0) is 43.7 Å². The lowest BCUT2D eigenvalue weighted by Gasteiger charge is -2.38. The molecule has 3 heteroatoms. The van der Waals surface area contributed by atoms with E-state index in [0.717, 1.165) is 17.9 Å². The Kier molecular flexibility index (Phi) is 6.63. The maximum atomic E-state index is 11.4. The summed E-state index contributed by atoms with van der Waals surface area (Å²) in [6.07, 6.45) is 0.662. The minimum absolute atomic E-state index is 0.0840. The summed E-state index contributed by atoms with van der Waals surface area (Å²) >= 11 is 0. The highest BCUT2D eigenvalue weighted by atomic mass is 16.5. The van der Waals surface area contributed by atoms with Crippen molar-refractivity contribution in [1.82, 2.24) is 4.90 Å². The summed E-state index contributed by atoms with van der Waals surface area (Å²) in [5.74, 6) is 0.864. The molecule has 1 N–H and O–H groups in total. The van der Waals surface area contributed by atoms with E-state index in [0.29, 0.717) is 12.5 Å². The van der Waals surface area contributed by atoms with Crippen LogP contribution >= 0.6 is 0 Å². The molecule has 2 aromatic carbocycles. The molecule has 0 saturated heterocycles. The molecule has 0 aliphatic rings. The molecule has 2 rings (SSSR count). The number of benzene rings is 2. The Morgan fingerprint density at radius 3 is 2.36 bits per heavy atom. The first kappa shape index (κ1) is 19.5. The summed E-state index contributed by atoms with van der Waals surface area (Å²) in [6.45, 7) is 7.17. The zero-order valence-corrected chi connectivity index (χ0v) is 16.1. The van der Waals surface area contributed by atoms with E-state index in [9.17, 15) is 5.11 Å². The molecule has 0 bridgehead atoms. The first-order valence-corrected chi connectivity index (χ1v) is 9.04. The van der Waals surface area contributed by atoms with Gasteiger partial charge in [0.25, 0.3) is 0 Å². The number of aliphatic hydroxyl groups is 1. The monoisotopic (exact) mass is 341 g/mol. The lowest BCUT2D eigenvalue weighted by Crippen LogP contribution is -2.40. The Morgan fingerprint density at radius 1 is 1.08 bits per heavy atom. The van der Waals surface area contributed by atoms with E-state index < -0.39 is 5.60 Å². The van der Waals surface area contributed by atoms with Crippen LogP contribution in [-0.2, 0) is 5.60 Å². The molecule has 25 heavy (non-hydrogen) atoms. The Balaban J connectivity index is 2.16. The summed E-state index contributed by atoms with van der Waals surface area (Å²) in [5.41, 5.74) is 1.33. The molecule has 3 nitrogen and oxygen atoms in total. The molecule has 0 radical (unpaired) electrons. The van der Waals surface area contributed by atoms with Gasteiger partial charge in [0.2, 0.25) is 0 Å². The highest BCUT2D eigenvalue weighted by Gasteiger charge is 2.35. The number of hydrogen-bond acceptors (Lipinski definition) is 3. The first-order chi connectivity index (χ1) is 11.9. The van der Waals surface area contributed by atoms with Crippen molar-refractivity contribution < 1.29 is 9.84 Å². The predicted octanol–water partition coefficient (Wildman–Crippen LogP) is 4.62. The fourth-order valence-corrected chi connectivity index (χ4v) is 3.46. The molecule has 3 atom stereocenters. The Morgan fingerprint density at radius 2 is 1.76 bits per heavy atom.